The molecular formula is C25H32N4O3. The fourth-order valence-corrected chi connectivity index (χ4v) is 4.84. The third kappa shape index (κ3) is 4.40. The van der Waals surface area contributed by atoms with Crippen LogP contribution in [0.5, 0.6) is 5.75 Å². The lowest BCUT2D eigenvalue weighted by atomic mass is 9.99. The van der Waals surface area contributed by atoms with Crippen molar-refractivity contribution >= 4 is 17.3 Å². The summed E-state index contributed by atoms with van der Waals surface area (Å²) in [6, 6.07) is 14.1. The van der Waals surface area contributed by atoms with Crippen LogP contribution in [0.3, 0.4) is 0 Å². The van der Waals surface area contributed by atoms with Gasteiger partial charge in [-0.2, -0.15) is 0 Å². The van der Waals surface area contributed by atoms with Gasteiger partial charge in [0.05, 0.1) is 24.8 Å². The Morgan fingerprint density at radius 2 is 1.62 bits per heavy atom. The first-order chi connectivity index (χ1) is 15.7. The standard InChI is InChI=1S/C25H32N4O3/c1-27-9-11-28(12-10-27)23-7-4-8-24-21(23)17-19(18-32-24)26-25(30)20-5-2-3-6-22(20)29-13-15-31-16-14-29/h2-8,19H,9-18H2,1H3,(H,26,30)/t19-/m0/s1. The second-order valence-electron chi connectivity index (χ2n) is 8.85. The quantitative estimate of drug-likeness (QED) is 0.792. The molecule has 170 valence electrons. The number of nitrogens with one attached hydrogen (secondary N) is 1. The van der Waals surface area contributed by atoms with Gasteiger partial charge in [-0.05, 0) is 31.3 Å². The van der Waals surface area contributed by atoms with Gasteiger partial charge in [0.1, 0.15) is 12.4 Å². The predicted molar refractivity (Wildman–Crippen MR) is 126 cm³/mol. The number of benzene rings is 2. The molecule has 7 heteroatoms. The Bertz CT molecular complexity index is 952. The molecule has 2 aromatic rings. The van der Waals surface area contributed by atoms with Gasteiger partial charge in [0, 0.05) is 62.6 Å². The number of para-hydroxylation sites is 1. The maximum absolute atomic E-state index is 13.3. The third-order valence-corrected chi connectivity index (χ3v) is 6.68. The van der Waals surface area contributed by atoms with Crippen LogP contribution in [0.1, 0.15) is 15.9 Å². The molecule has 2 fully saturated rings. The number of hydrogen-bond acceptors (Lipinski definition) is 6. The lowest BCUT2D eigenvalue weighted by Crippen LogP contribution is -2.46. The van der Waals surface area contributed by atoms with Gasteiger partial charge >= 0.3 is 0 Å². The Kier molecular flexibility index (Phi) is 6.19. The summed E-state index contributed by atoms with van der Waals surface area (Å²) in [6.45, 7) is 7.62. The average molecular weight is 437 g/mol. The molecule has 2 saturated heterocycles. The second kappa shape index (κ2) is 9.38. The summed E-state index contributed by atoms with van der Waals surface area (Å²) in [4.78, 5) is 20.3. The first-order valence-electron chi connectivity index (χ1n) is 11.6. The number of ether oxygens (including phenoxy) is 2. The minimum absolute atomic E-state index is 0.0405. The molecule has 0 bridgehead atoms. The van der Waals surface area contributed by atoms with Crippen LogP contribution in [0.25, 0.3) is 0 Å². The van der Waals surface area contributed by atoms with E-state index >= 15 is 0 Å². The molecule has 1 amide bonds. The van der Waals surface area contributed by atoms with Crippen molar-refractivity contribution in [3.8, 4) is 5.75 Å². The van der Waals surface area contributed by atoms with Crippen molar-refractivity contribution in [1.29, 1.82) is 0 Å². The molecule has 3 aliphatic heterocycles. The lowest BCUT2D eigenvalue weighted by Gasteiger charge is -2.37. The normalized spacial score (nSPS) is 21.6. The van der Waals surface area contributed by atoms with E-state index in [2.05, 4.69) is 39.2 Å². The van der Waals surface area contributed by atoms with Crippen molar-refractivity contribution in [2.45, 2.75) is 12.5 Å². The number of likely N-dealkylation sites (N-methyl/N-ethyl adjacent to an activating group) is 1. The van der Waals surface area contributed by atoms with Gasteiger partial charge in [0.15, 0.2) is 0 Å². The van der Waals surface area contributed by atoms with Gasteiger partial charge in [-0.3, -0.25) is 4.79 Å². The molecule has 7 nitrogen and oxygen atoms in total. The van der Waals surface area contributed by atoms with E-state index in [0.29, 0.717) is 25.4 Å². The van der Waals surface area contributed by atoms with Crippen LogP contribution in [-0.4, -0.2) is 83.0 Å². The van der Waals surface area contributed by atoms with Crippen molar-refractivity contribution in [1.82, 2.24) is 10.2 Å². The number of anilines is 2. The first-order valence-corrected chi connectivity index (χ1v) is 11.6. The molecule has 0 spiro atoms. The Hall–Kier alpha value is -2.77. The topological polar surface area (TPSA) is 57.3 Å². The highest BCUT2D eigenvalue weighted by atomic mass is 16.5. The maximum Gasteiger partial charge on any atom is 0.253 e. The van der Waals surface area contributed by atoms with Crippen molar-refractivity contribution in [2.75, 3.05) is 75.9 Å². The summed E-state index contributed by atoms with van der Waals surface area (Å²) < 4.78 is 11.6. The third-order valence-electron chi connectivity index (χ3n) is 6.68. The van der Waals surface area contributed by atoms with Crippen LogP contribution >= 0.6 is 0 Å². The van der Waals surface area contributed by atoms with Gasteiger partial charge in [0.25, 0.3) is 5.91 Å². The molecule has 3 heterocycles. The Morgan fingerprint density at radius 1 is 0.906 bits per heavy atom. The zero-order chi connectivity index (χ0) is 21.9. The number of hydrogen-bond donors (Lipinski definition) is 1. The fourth-order valence-electron chi connectivity index (χ4n) is 4.84. The smallest absolute Gasteiger partial charge is 0.253 e. The van der Waals surface area contributed by atoms with Crippen molar-refractivity contribution < 1.29 is 14.3 Å². The molecule has 0 aliphatic carbocycles. The minimum atomic E-state index is -0.0543. The minimum Gasteiger partial charge on any atom is -0.491 e. The number of fused-ring (bicyclic) bond motifs is 1. The number of morpholine rings is 1. The van der Waals surface area contributed by atoms with E-state index in [1.165, 1.54) is 11.3 Å². The highest BCUT2D eigenvalue weighted by Crippen LogP contribution is 2.34. The van der Waals surface area contributed by atoms with Gasteiger partial charge in [-0.1, -0.05) is 18.2 Å². The zero-order valence-electron chi connectivity index (χ0n) is 18.8. The number of carbonyl (C=O) groups is 1. The summed E-state index contributed by atoms with van der Waals surface area (Å²) in [5.41, 5.74) is 4.13. The summed E-state index contributed by atoms with van der Waals surface area (Å²) in [6.07, 6.45) is 0.781. The predicted octanol–water partition coefficient (Wildman–Crippen LogP) is 2.01. The average Bonchev–Trinajstić information content (AvgIpc) is 2.85. The van der Waals surface area contributed by atoms with E-state index in [9.17, 15) is 4.79 Å². The molecule has 1 atom stereocenters. The van der Waals surface area contributed by atoms with E-state index in [4.69, 9.17) is 9.47 Å². The van der Waals surface area contributed by atoms with E-state index in [0.717, 1.165) is 57.1 Å². The van der Waals surface area contributed by atoms with Crippen molar-refractivity contribution in [2.24, 2.45) is 0 Å². The van der Waals surface area contributed by atoms with Gasteiger partial charge in [0.2, 0.25) is 0 Å². The molecule has 32 heavy (non-hydrogen) atoms. The number of amides is 1. The zero-order valence-corrected chi connectivity index (χ0v) is 18.8. The monoisotopic (exact) mass is 436 g/mol. The first kappa shape index (κ1) is 21.1. The summed E-state index contributed by atoms with van der Waals surface area (Å²) in [5.74, 6) is 0.905. The van der Waals surface area contributed by atoms with Crippen molar-refractivity contribution in [3.05, 3.63) is 53.6 Å². The SMILES string of the molecule is CN1CCN(c2cccc3c2C[C@H](NC(=O)c2ccccc2N2CCOCC2)CO3)CC1. The van der Waals surface area contributed by atoms with Crippen LogP contribution in [0.4, 0.5) is 11.4 Å². The number of nitrogens with zero attached hydrogens (tertiary/aromatic N) is 3. The van der Waals surface area contributed by atoms with Crippen LogP contribution in [0, 0.1) is 0 Å². The van der Waals surface area contributed by atoms with E-state index in [1.807, 2.05) is 30.3 Å². The Balaban J connectivity index is 1.31. The van der Waals surface area contributed by atoms with E-state index < -0.39 is 0 Å². The molecule has 1 N–H and O–H groups in total. The molecule has 0 radical (unpaired) electrons. The highest BCUT2D eigenvalue weighted by Gasteiger charge is 2.28. The highest BCUT2D eigenvalue weighted by molar-refractivity contribution is 6.00. The Morgan fingerprint density at radius 3 is 2.44 bits per heavy atom. The van der Waals surface area contributed by atoms with Crippen LogP contribution in [0.15, 0.2) is 42.5 Å². The van der Waals surface area contributed by atoms with E-state index in [-0.39, 0.29) is 11.9 Å². The van der Waals surface area contributed by atoms with Gasteiger partial charge in [-0.25, -0.2) is 0 Å². The maximum atomic E-state index is 13.3. The van der Waals surface area contributed by atoms with Gasteiger partial charge < -0.3 is 29.5 Å². The number of piperazine rings is 1. The Labute approximate surface area is 189 Å². The van der Waals surface area contributed by atoms with E-state index in [1.54, 1.807) is 0 Å². The van der Waals surface area contributed by atoms with Crippen LogP contribution in [0.2, 0.25) is 0 Å². The molecule has 5 rings (SSSR count). The van der Waals surface area contributed by atoms with Crippen molar-refractivity contribution in [3.63, 3.8) is 0 Å². The van der Waals surface area contributed by atoms with Gasteiger partial charge in [-0.15, -0.1) is 0 Å². The fraction of sp³-hybridized carbons (Fsp3) is 0.480. The largest absolute Gasteiger partial charge is 0.491 e. The van der Waals surface area contributed by atoms with Crippen LogP contribution in [-0.2, 0) is 11.2 Å². The molecule has 3 aliphatic rings. The second-order valence-corrected chi connectivity index (χ2v) is 8.85. The van der Waals surface area contributed by atoms with Crippen LogP contribution < -0.4 is 19.9 Å². The summed E-state index contributed by atoms with van der Waals surface area (Å²) >= 11 is 0. The lowest BCUT2D eigenvalue weighted by molar-refractivity contribution is 0.0914. The molecule has 2 aromatic carbocycles. The molecule has 0 aromatic heterocycles. The molecule has 0 unspecified atom stereocenters. The summed E-state index contributed by atoms with van der Waals surface area (Å²) in [5, 5.41) is 3.24. The molecule has 0 saturated carbocycles. The molecular weight excluding hydrogens is 404 g/mol. The summed E-state index contributed by atoms with van der Waals surface area (Å²) in [7, 11) is 2.17. The number of rotatable bonds is 4. The number of carbonyl (C=O) groups excluding carboxylic acids is 1.